The Bertz CT molecular complexity index is 459. The molecule has 0 aliphatic carbocycles. The van der Waals surface area contributed by atoms with E-state index in [-0.39, 0.29) is 11.5 Å². The van der Waals surface area contributed by atoms with Gasteiger partial charge in [-0.15, -0.1) is 11.8 Å². The third-order valence-corrected chi connectivity index (χ3v) is 3.75. The van der Waals surface area contributed by atoms with E-state index in [1.165, 1.54) is 11.8 Å². The fraction of sp³-hybridized carbons (Fsp3) is 0.643. The van der Waals surface area contributed by atoms with Gasteiger partial charge >= 0.3 is 5.97 Å². The van der Waals surface area contributed by atoms with E-state index in [0.717, 1.165) is 18.0 Å². The molecule has 0 saturated carbocycles. The number of hydrogen-bond donors (Lipinski definition) is 1. The molecule has 4 nitrogen and oxygen atoms in total. The molecule has 1 heterocycles. The van der Waals surface area contributed by atoms with E-state index in [0.29, 0.717) is 16.6 Å². The lowest BCUT2D eigenvalue weighted by Gasteiger charge is -2.12. The van der Waals surface area contributed by atoms with Crippen LogP contribution in [-0.4, -0.2) is 26.8 Å². The second kappa shape index (κ2) is 6.89. The number of aromatic carboxylic acids is 1. The molecule has 5 heteroatoms. The zero-order valence-corrected chi connectivity index (χ0v) is 13.0. The summed E-state index contributed by atoms with van der Waals surface area (Å²) in [7, 11) is 0. The molecule has 19 heavy (non-hydrogen) atoms. The first kappa shape index (κ1) is 16.0. The minimum absolute atomic E-state index is 0.200. The first-order chi connectivity index (χ1) is 8.82. The number of carboxylic acids is 1. The van der Waals surface area contributed by atoms with Crippen molar-refractivity contribution in [3.8, 4) is 0 Å². The van der Waals surface area contributed by atoms with Crippen molar-refractivity contribution in [2.24, 2.45) is 5.92 Å². The molecule has 0 saturated heterocycles. The van der Waals surface area contributed by atoms with Crippen molar-refractivity contribution >= 4 is 17.7 Å². The molecule has 0 bridgehead atoms. The maximum atomic E-state index is 11.3. The number of aryl methyl sites for hydroxylation is 1. The summed E-state index contributed by atoms with van der Waals surface area (Å²) in [4.78, 5) is 20.0. The highest BCUT2D eigenvalue weighted by Gasteiger charge is 2.19. The number of rotatable bonds is 6. The molecule has 0 amide bonds. The fourth-order valence-corrected chi connectivity index (χ4v) is 2.89. The van der Waals surface area contributed by atoms with Gasteiger partial charge in [-0.1, -0.05) is 27.7 Å². The molecule has 1 aromatic rings. The van der Waals surface area contributed by atoms with Crippen molar-refractivity contribution in [1.29, 1.82) is 0 Å². The van der Waals surface area contributed by atoms with Crippen molar-refractivity contribution < 1.29 is 9.90 Å². The van der Waals surface area contributed by atoms with Crippen LogP contribution in [0.25, 0.3) is 0 Å². The average molecular weight is 282 g/mol. The number of aromatic nitrogens is 2. The van der Waals surface area contributed by atoms with Crippen LogP contribution in [0.15, 0.2) is 5.03 Å². The van der Waals surface area contributed by atoms with Crippen molar-refractivity contribution in [1.82, 2.24) is 9.97 Å². The normalized spacial score (nSPS) is 11.3. The third-order valence-electron chi connectivity index (χ3n) is 2.74. The summed E-state index contributed by atoms with van der Waals surface area (Å²) in [5, 5.41) is 9.89. The van der Waals surface area contributed by atoms with E-state index in [4.69, 9.17) is 0 Å². The first-order valence-corrected chi connectivity index (χ1v) is 7.56. The van der Waals surface area contributed by atoms with Gasteiger partial charge in [-0.2, -0.15) is 0 Å². The standard InChI is InChI=1S/C14H22N2O2S/c1-8(2)6-7-19-13-11(14(17)18)10(5)15-12(16-13)9(3)4/h8-9H,6-7H2,1-5H3,(H,17,18). The second-order valence-corrected chi connectivity index (χ2v) is 6.42. The Morgan fingerprint density at radius 2 is 1.89 bits per heavy atom. The van der Waals surface area contributed by atoms with Crippen molar-refractivity contribution in [2.75, 3.05) is 5.75 Å². The van der Waals surface area contributed by atoms with E-state index >= 15 is 0 Å². The minimum Gasteiger partial charge on any atom is -0.478 e. The van der Waals surface area contributed by atoms with Gasteiger partial charge < -0.3 is 5.11 Å². The van der Waals surface area contributed by atoms with Crippen LogP contribution in [0, 0.1) is 12.8 Å². The number of hydrogen-bond acceptors (Lipinski definition) is 4. The predicted octanol–water partition coefficient (Wildman–Crippen LogP) is 3.74. The Morgan fingerprint density at radius 3 is 2.37 bits per heavy atom. The molecular weight excluding hydrogens is 260 g/mol. The van der Waals surface area contributed by atoms with Crippen LogP contribution in [0.3, 0.4) is 0 Å². The molecular formula is C14H22N2O2S. The monoisotopic (exact) mass is 282 g/mol. The summed E-state index contributed by atoms with van der Waals surface area (Å²) in [6, 6.07) is 0. The summed E-state index contributed by atoms with van der Waals surface area (Å²) in [5.41, 5.74) is 0.802. The molecule has 0 aliphatic heterocycles. The Morgan fingerprint density at radius 1 is 1.26 bits per heavy atom. The van der Waals surface area contributed by atoms with Crippen molar-refractivity contribution in [3.63, 3.8) is 0 Å². The quantitative estimate of drug-likeness (QED) is 0.636. The van der Waals surface area contributed by atoms with Gasteiger partial charge in [0, 0.05) is 5.92 Å². The summed E-state index contributed by atoms with van der Waals surface area (Å²) >= 11 is 1.52. The largest absolute Gasteiger partial charge is 0.478 e. The average Bonchev–Trinajstić information content (AvgIpc) is 2.26. The highest BCUT2D eigenvalue weighted by Crippen LogP contribution is 2.26. The molecule has 0 radical (unpaired) electrons. The van der Waals surface area contributed by atoms with Gasteiger partial charge in [0.25, 0.3) is 0 Å². The zero-order valence-electron chi connectivity index (χ0n) is 12.2. The smallest absolute Gasteiger partial charge is 0.340 e. The van der Waals surface area contributed by atoms with Gasteiger partial charge in [0.2, 0.25) is 0 Å². The topological polar surface area (TPSA) is 63.1 Å². The molecule has 1 aromatic heterocycles. The molecule has 0 atom stereocenters. The van der Waals surface area contributed by atoms with Crippen LogP contribution in [-0.2, 0) is 0 Å². The van der Waals surface area contributed by atoms with Gasteiger partial charge in [0.1, 0.15) is 16.4 Å². The Hall–Kier alpha value is -1.10. The maximum Gasteiger partial charge on any atom is 0.340 e. The number of carbonyl (C=O) groups is 1. The lowest BCUT2D eigenvalue weighted by Crippen LogP contribution is -2.10. The van der Waals surface area contributed by atoms with Crippen LogP contribution in [0.1, 0.15) is 61.9 Å². The Labute approximate surface area is 119 Å². The molecule has 0 aliphatic rings. The Kier molecular flexibility index (Phi) is 5.79. The SMILES string of the molecule is Cc1nc(C(C)C)nc(SCCC(C)C)c1C(=O)O. The highest BCUT2D eigenvalue weighted by molar-refractivity contribution is 7.99. The summed E-state index contributed by atoms with van der Waals surface area (Å²) in [6.07, 6.45) is 1.05. The second-order valence-electron chi connectivity index (χ2n) is 5.34. The van der Waals surface area contributed by atoms with Crippen LogP contribution in [0.2, 0.25) is 0 Å². The van der Waals surface area contributed by atoms with E-state index in [9.17, 15) is 9.90 Å². The lowest BCUT2D eigenvalue weighted by molar-refractivity contribution is 0.0690. The minimum atomic E-state index is -0.945. The molecule has 1 rings (SSSR count). The highest BCUT2D eigenvalue weighted by atomic mass is 32.2. The van der Waals surface area contributed by atoms with Gasteiger partial charge in [0.15, 0.2) is 0 Å². The van der Waals surface area contributed by atoms with Crippen LogP contribution in [0.5, 0.6) is 0 Å². The lowest BCUT2D eigenvalue weighted by atomic mass is 10.2. The number of thioether (sulfide) groups is 1. The number of carboxylic acid groups (broad SMARTS) is 1. The first-order valence-electron chi connectivity index (χ1n) is 6.57. The van der Waals surface area contributed by atoms with Gasteiger partial charge in [-0.05, 0) is 25.0 Å². The maximum absolute atomic E-state index is 11.3. The third kappa shape index (κ3) is 4.49. The van der Waals surface area contributed by atoms with Gasteiger partial charge in [-0.3, -0.25) is 0 Å². The summed E-state index contributed by atoms with van der Waals surface area (Å²) in [5.74, 6) is 1.46. The van der Waals surface area contributed by atoms with E-state index in [2.05, 4.69) is 23.8 Å². The van der Waals surface area contributed by atoms with Crippen molar-refractivity contribution in [2.45, 2.75) is 52.0 Å². The zero-order chi connectivity index (χ0) is 14.6. The van der Waals surface area contributed by atoms with Crippen LogP contribution >= 0.6 is 11.8 Å². The summed E-state index contributed by atoms with van der Waals surface area (Å²) < 4.78 is 0. The number of nitrogens with zero attached hydrogens (tertiary/aromatic N) is 2. The molecule has 106 valence electrons. The molecule has 0 fully saturated rings. The summed E-state index contributed by atoms with van der Waals surface area (Å²) in [6.45, 7) is 10.1. The van der Waals surface area contributed by atoms with Crippen LogP contribution in [0.4, 0.5) is 0 Å². The molecule has 0 spiro atoms. The van der Waals surface area contributed by atoms with E-state index < -0.39 is 5.97 Å². The molecule has 0 aromatic carbocycles. The van der Waals surface area contributed by atoms with Crippen molar-refractivity contribution in [3.05, 3.63) is 17.1 Å². The Balaban J connectivity index is 3.06. The predicted molar refractivity (Wildman–Crippen MR) is 78.0 cm³/mol. The van der Waals surface area contributed by atoms with Crippen LogP contribution < -0.4 is 0 Å². The van der Waals surface area contributed by atoms with Gasteiger partial charge in [-0.25, -0.2) is 14.8 Å². The fourth-order valence-electron chi connectivity index (χ4n) is 1.57. The molecule has 1 N–H and O–H groups in total. The van der Waals surface area contributed by atoms with E-state index in [1.807, 2.05) is 13.8 Å². The molecule has 0 unspecified atom stereocenters. The van der Waals surface area contributed by atoms with E-state index in [1.54, 1.807) is 6.92 Å². The van der Waals surface area contributed by atoms with Gasteiger partial charge in [0.05, 0.1) is 5.69 Å².